The molecule has 0 bridgehead atoms. The molecule has 198 valence electrons. The molecule has 0 radical (unpaired) electrons. The first-order valence-electron chi connectivity index (χ1n) is 9.14. The van der Waals surface area contributed by atoms with E-state index in [4.69, 9.17) is 0 Å². The zero-order valence-corrected chi connectivity index (χ0v) is 17.3. The highest BCUT2D eigenvalue weighted by Crippen LogP contribution is 2.55. The van der Waals surface area contributed by atoms with Gasteiger partial charge in [-0.15, -0.1) is 0 Å². The van der Waals surface area contributed by atoms with E-state index in [-0.39, 0.29) is 37.5 Å². The van der Waals surface area contributed by atoms with Crippen LogP contribution >= 0.6 is 0 Å². The summed E-state index contributed by atoms with van der Waals surface area (Å²) >= 11 is 0. The molecule has 0 atom stereocenters. The molecule has 0 saturated carbocycles. The summed E-state index contributed by atoms with van der Waals surface area (Å²) in [6.45, 7) is -1.36. The van der Waals surface area contributed by atoms with Crippen LogP contribution in [0.3, 0.4) is 0 Å². The van der Waals surface area contributed by atoms with Crippen LogP contribution < -0.4 is 0 Å². The normalized spacial score (nSPS) is 14.5. The van der Waals surface area contributed by atoms with E-state index in [9.17, 15) is 52.7 Å². The summed E-state index contributed by atoms with van der Waals surface area (Å²) < 4.78 is 180. The smallest absolute Gasteiger partial charge is 0.356 e. The molecule has 1 aromatic carbocycles. The van der Waals surface area contributed by atoms with Crippen LogP contribution in [-0.4, -0.2) is 51.5 Å². The van der Waals surface area contributed by atoms with Crippen molar-refractivity contribution in [2.45, 2.75) is 49.8 Å². The van der Waals surface area contributed by atoms with Crippen LogP contribution in [0.2, 0.25) is 0 Å². The first kappa shape index (κ1) is 30.3. The Balaban J connectivity index is 3.77. The van der Waals surface area contributed by atoms with E-state index in [0.29, 0.717) is 0 Å². The molecule has 0 amide bonds. The van der Waals surface area contributed by atoms with Crippen molar-refractivity contribution >= 4 is 0 Å². The minimum absolute atomic E-state index is 0.210. The Labute approximate surface area is 184 Å². The van der Waals surface area contributed by atoms with Gasteiger partial charge in [-0.2, -0.15) is 52.7 Å². The number of rotatable bonds is 10. The Kier molecular flexibility index (Phi) is 9.30. The number of halogens is 12. The first-order valence-corrected chi connectivity index (χ1v) is 9.14. The first-order chi connectivity index (χ1) is 15.3. The van der Waals surface area contributed by atoms with Gasteiger partial charge in [0.05, 0.1) is 0 Å². The maximum atomic E-state index is 13.6. The molecule has 0 spiro atoms. The summed E-state index contributed by atoms with van der Waals surface area (Å²) in [5.74, 6) is 0. The molecule has 0 fully saturated rings. The molecular weight excluding hydrogens is 508 g/mol. The van der Waals surface area contributed by atoms with Crippen molar-refractivity contribution in [2.75, 3.05) is 26.8 Å². The molecule has 0 aromatic heterocycles. The monoisotopic (exact) mass is 526 g/mol. The summed E-state index contributed by atoms with van der Waals surface area (Å²) in [7, 11) is 0. The second-order valence-electron chi connectivity index (χ2n) is 6.44. The molecule has 1 aromatic rings. The second kappa shape index (κ2) is 10.5. The van der Waals surface area contributed by atoms with Gasteiger partial charge in [0.15, 0.2) is 0 Å². The van der Waals surface area contributed by atoms with Gasteiger partial charge in [0, 0.05) is 24.3 Å². The van der Waals surface area contributed by atoms with E-state index in [1.54, 1.807) is 0 Å². The molecule has 0 aliphatic rings. The van der Waals surface area contributed by atoms with Gasteiger partial charge in [-0.25, -0.2) is 0 Å². The fraction of sp³-hybridized carbons (Fsp3) is 0.667. The van der Waals surface area contributed by atoms with Crippen molar-refractivity contribution in [3.63, 3.8) is 0 Å². The molecule has 0 aliphatic heterocycles. The van der Waals surface area contributed by atoms with E-state index in [1.165, 1.54) is 13.8 Å². The van der Waals surface area contributed by atoms with E-state index in [1.807, 2.05) is 0 Å². The summed E-state index contributed by atoms with van der Waals surface area (Å²) in [5.41, 5.74) is -13.9. The van der Waals surface area contributed by atoms with Gasteiger partial charge in [-0.05, 0) is 13.8 Å². The van der Waals surface area contributed by atoms with Crippen LogP contribution in [0.25, 0.3) is 0 Å². The fourth-order valence-electron chi connectivity index (χ4n) is 2.84. The third kappa shape index (κ3) is 5.54. The Bertz CT molecular complexity index is 673. The molecule has 34 heavy (non-hydrogen) atoms. The Morgan fingerprint density at radius 2 is 0.735 bits per heavy atom. The number of ether oxygens (including phenoxy) is 4. The lowest BCUT2D eigenvalue weighted by molar-refractivity contribution is -0.403. The van der Waals surface area contributed by atoms with Crippen molar-refractivity contribution in [3.8, 4) is 0 Å². The predicted molar refractivity (Wildman–Crippen MR) is 89.2 cm³/mol. The number of alkyl halides is 12. The van der Waals surface area contributed by atoms with Gasteiger partial charge in [-0.1, -0.05) is 24.3 Å². The third-order valence-electron chi connectivity index (χ3n) is 4.42. The highest BCUT2D eigenvalue weighted by atomic mass is 19.4. The quantitative estimate of drug-likeness (QED) is 0.202. The molecule has 1 rings (SSSR count). The molecule has 0 heterocycles. The molecule has 0 unspecified atom stereocenters. The van der Waals surface area contributed by atoms with Gasteiger partial charge >= 0.3 is 24.7 Å². The Morgan fingerprint density at radius 1 is 0.500 bits per heavy atom. The van der Waals surface area contributed by atoms with Crippen LogP contribution in [0.1, 0.15) is 25.0 Å². The summed E-state index contributed by atoms with van der Waals surface area (Å²) in [6, 6.07) is -0.839. The maximum absolute atomic E-state index is 13.6. The standard InChI is InChI=1S/C18H18F12O4/c1-3-31-9-33-13(15(19,20)21,16(22,23)24)11-5-7-12(8-6-11)14(17(25,26)27,18(28,29)30)34-10-32-4-2/h5-8H,3-4,9-10H2,1-2H3. The highest BCUT2D eigenvalue weighted by Gasteiger charge is 2.75. The van der Waals surface area contributed by atoms with Crippen LogP contribution in [-0.2, 0) is 30.1 Å². The van der Waals surface area contributed by atoms with Crippen LogP contribution in [0, 0.1) is 0 Å². The van der Waals surface area contributed by atoms with Gasteiger partial charge < -0.3 is 18.9 Å². The average molecular weight is 526 g/mol. The Hall–Kier alpha value is -1.78. The Morgan fingerprint density at radius 3 is 0.912 bits per heavy atom. The fourth-order valence-corrected chi connectivity index (χ4v) is 2.84. The number of hydrogen-bond acceptors (Lipinski definition) is 4. The van der Waals surface area contributed by atoms with Crippen LogP contribution in [0.4, 0.5) is 52.7 Å². The van der Waals surface area contributed by atoms with Crippen molar-refractivity contribution in [3.05, 3.63) is 35.4 Å². The molecule has 4 nitrogen and oxygen atoms in total. The lowest BCUT2D eigenvalue weighted by Gasteiger charge is -2.39. The van der Waals surface area contributed by atoms with Crippen molar-refractivity contribution < 1.29 is 71.6 Å². The minimum Gasteiger partial charge on any atom is -0.356 e. The van der Waals surface area contributed by atoms with Gasteiger partial charge in [0.25, 0.3) is 11.2 Å². The topological polar surface area (TPSA) is 36.9 Å². The van der Waals surface area contributed by atoms with Crippen molar-refractivity contribution in [2.24, 2.45) is 0 Å². The SMILES string of the molecule is CCOCOC(c1ccc(C(OCOCC)(C(F)(F)F)C(F)(F)F)cc1)(C(F)(F)F)C(F)(F)F. The van der Waals surface area contributed by atoms with Gasteiger partial charge in [0.2, 0.25) is 0 Å². The number of benzene rings is 1. The third-order valence-corrected chi connectivity index (χ3v) is 4.42. The zero-order chi connectivity index (χ0) is 26.6. The maximum Gasteiger partial charge on any atom is 0.430 e. The van der Waals surface area contributed by atoms with Crippen molar-refractivity contribution in [1.82, 2.24) is 0 Å². The van der Waals surface area contributed by atoms with Crippen molar-refractivity contribution in [1.29, 1.82) is 0 Å². The molecule has 0 N–H and O–H groups in total. The molecule has 0 aliphatic carbocycles. The number of hydrogen-bond donors (Lipinski definition) is 0. The van der Waals surface area contributed by atoms with Crippen LogP contribution in [0.5, 0.6) is 0 Å². The minimum atomic E-state index is -6.24. The average Bonchev–Trinajstić information content (AvgIpc) is 2.65. The zero-order valence-electron chi connectivity index (χ0n) is 17.3. The molecular formula is C18H18F12O4. The largest absolute Gasteiger partial charge is 0.430 e. The predicted octanol–water partition coefficient (Wildman–Crippen LogP) is 6.35. The summed E-state index contributed by atoms with van der Waals surface area (Å²) in [5, 5.41) is 0. The second-order valence-corrected chi connectivity index (χ2v) is 6.44. The van der Waals surface area contributed by atoms with Gasteiger partial charge in [-0.3, -0.25) is 0 Å². The van der Waals surface area contributed by atoms with E-state index < -0.39 is 60.6 Å². The van der Waals surface area contributed by atoms with E-state index in [0.717, 1.165) is 0 Å². The lowest BCUT2D eigenvalue weighted by Crippen LogP contribution is -2.57. The van der Waals surface area contributed by atoms with Gasteiger partial charge in [0.1, 0.15) is 13.6 Å². The summed E-state index contributed by atoms with van der Waals surface area (Å²) in [6.07, 6.45) is -24.9. The van der Waals surface area contributed by atoms with E-state index in [2.05, 4.69) is 18.9 Å². The lowest BCUT2D eigenvalue weighted by atomic mass is 9.86. The summed E-state index contributed by atoms with van der Waals surface area (Å²) in [4.78, 5) is 0. The molecule has 0 saturated heterocycles. The molecule has 16 heteroatoms. The van der Waals surface area contributed by atoms with Crippen LogP contribution in [0.15, 0.2) is 24.3 Å². The van der Waals surface area contributed by atoms with E-state index >= 15 is 0 Å². The highest BCUT2D eigenvalue weighted by molar-refractivity contribution is 5.35.